The Hall–Kier alpha value is -2.03. The Morgan fingerprint density at radius 3 is 2.71 bits per heavy atom. The number of fused-ring (bicyclic) bond motifs is 1. The quantitative estimate of drug-likeness (QED) is 0.578. The van der Waals surface area contributed by atoms with Crippen LogP contribution >= 0.6 is 11.9 Å². The van der Waals surface area contributed by atoms with Gasteiger partial charge < -0.3 is 10.5 Å². The van der Waals surface area contributed by atoms with Crippen LogP contribution in [0.4, 0.5) is 11.4 Å². The highest BCUT2D eigenvalue weighted by atomic mass is 32.2. The Morgan fingerprint density at radius 1 is 1.14 bits per heavy atom. The molecular weight excluding hydrogens is 308 g/mol. The van der Waals surface area contributed by atoms with Crippen LogP contribution in [0, 0.1) is 0 Å². The molecule has 2 aromatic rings. The molecule has 0 spiro atoms. The first-order chi connectivity index (χ1) is 9.95. The van der Waals surface area contributed by atoms with Gasteiger partial charge in [-0.2, -0.15) is 0 Å². The molecule has 0 fully saturated rings. The molecule has 0 atom stereocenters. The van der Waals surface area contributed by atoms with Crippen molar-refractivity contribution in [1.29, 1.82) is 0 Å². The lowest BCUT2D eigenvalue weighted by Gasteiger charge is -2.14. The molecule has 21 heavy (non-hydrogen) atoms. The van der Waals surface area contributed by atoms with Crippen LogP contribution in [0.25, 0.3) is 11.1 Å². The van der Waals surface area contributed by atoms with E-state index in [1.54, 1.807) is 18.5 Å². The fourth-order valence-electron chi connectivity index (χ4n) is 2.08. The first-order valence-electron chi connectivity index (χ1n) is 5.97. The minimum atomic E-state index is -3.83. The zero-order valence-electron chi connectivity index (χ0n) is 10.8. The summed E-state index contributed by atoms with van der Waals surface area (Å²) in [7, 11) is -3.83. The lowest BCUT2D eigenvalue weighted by atomic mass is 10.0. The second-order valence-electron chi connectivity index (χ2n) is 4.46. The maximum absolute atomic E-state index is 11.7. The van der Waals surface area contributed by atoms with Gasteiger partial charge in [0.25, 0.3) is 0 Å². The molecule has 6 nitrogen and oxygen atoms in total. The van der Waals surface area contributed by atoms with Crippen molar-refractivity contribution < 1.29 is 8.42 Å². The number of aliphatic imine (C=N–C) groups is 1. The molecule has 0 saturated carbocycles. The van der Waals surface area contributed by atoms with Crippen molar-refractivity contribution in [2.75, 3.05) is 5.73 Å². The van der Waals surface area contributed by atoms with E-state index in [0.717, 1.165) is 16.1 Å². The van der Waals surface area contributed by atoms with E-state index in [1.807, 2.05) is 12.1 Å². The average molecular weight is 320 g/mol. The predicted molar refractivity (Wildman–Crippen MR) is 84.8 cm³/mol. The number of rotatable bonds is 2. The molecule has 0 unspecified atom stereocenters. The Morgan fingerprint density at radius 2 is 1.95 bits per heavy atom. The van der Waals surface area contributed by atoms with Crippen LogP contribution in [0.1, 0.15) is 0 Å². The third-order valence-electron chi connectivity index (χ3n) is 3.01. The SMILES string of the molecule is Nc1ccc(S(N)(=O)=O)c(-c2ccc3c(c2)SNC=N3)c1. The van der Waals surface area contributed by atoms with Gasteiger partial charge in [0.15, 0.2) is 0 Å². The highest BCUT2D eigenvalue weighted by molar-refractivity contribution is 7.98. The van der Waals surface area contributed by atoms with E-state index < -0.39 is 10.0 Å². The molecule has 2 aromatic carbocycles. The Bertz CT molecular complexity index is 847. The molecule has 0 aliphatic carbocycles. The lowest BCUT2D eigenvalue weighted by molar-refractivity contribution is 0.598. The second kappa shape index (κ2) is 5.06. The summed E-state index contributed by atoms with van der Waals surface area (Å²) in [6.45, 7) is 0. The summed E-state index contributed by atoms with van der Waals surface area (Å²) in [5, 5.41) is 5.27. The van der Waals surface area contributed by atoms with Crippen molar-refractivity contribution in [3.05, 3.63) is 36.4 Å². The van der Waals surface area contributed by atoms with Crippen molar-refractivity contribution in [3.63, 3.8) is 0 Å². The van der Waals surface area contributed by atoms with Gasteiger partial charge in [-0.15, -0.1) is 0 Å². The number of benzene rings is 2. The van der Waals surface area contributed by atoms with E-state index in [9.17, 15) is 8.42 Å². The van der Waals surface area contributed by atoms with Crippen molar-refractivity contribution in [2.24, 2.45) is 10.1 Å². The van der Waals surface area contributed by atoms with Crippen LogP contribution in [-0.2, 0) is 10.0 Å². The van der Waals surface area contributed by atoms with E-state index in [0.29, 0.717) is 11.3 Å². The Labute approximate surface area is 126 Å². The largest absolute Gasteiger partial charge is 0.399 e. The maximum Gasteiger partial charge on any atom is 0.238 e. The molecule has 1 aliphatic heterocycles. The van der Waals surface area contributed by atoms with Gasteiger partial charge in [0.1, 0.15) is 0 Å². The van der Waals surface area contributed by atoms with E-state index in [1.165, 1.54) is 24.1 Å². The van der Waals surface area contributed by atoms with Crippen LogP contribution in [0.3, 0.4) is 0 Å². The number of nitrogens with zero attached hydrogens (tertiary/aromatic N) is 1. The number of hydrogen-bond donors (Lipinski definition) is 3. The zero-order chi connectivity index (χ0) is 15.0. The molecule has 1 heterocycles. The minimum absolute atomic E-state index is 0.0499. The summed E-state index contributed by atoms with van der Waals surface area (Å²) in [4.78, 5) is 5.14. The molecule has 108 valence electrons. The van der Waals surface area contributed by atoms with E-state index in [4.69, 9.17) is 10.9 Å². The number of primary sulfonamides is 1. The summed E-state index contributed by atoms with van der Waals surface area (Å²) >= 11 is 1.40. The minimum Gasteiger partial charge on any atom is -0.399 e. The zero-order valence-corrected chi connectivity index (χ0v) is 12.4. The first kappa shape index (κ1) is 13.9. The Kier molecular flexibility index (Phi) is 3.36. The molecule has 1 aliphatic rings. The third-order valence-corrected chi connectivity index (χ3v) is 4.75. The van der Waals surface area contributed by atoms with Crippen LogP contribution in [-0.4, -0.2) is 14.8 Å². The van der Waals surface area contributed by atoms with Crippen LogP contribution in [0.5, 0.6) is 0 Å². The van der Waals surface area contributed by atoms with Crippen molar-refractivity contribution in [3.8, 4) is 11.1 Å². The molecule has 0 aromatic heterocycles. The predicted octanol–water partition coefficient (Wildman–Crippen LogP) is 1.85. The second-order valence-corrected chi connectivity index (χ2v) is 6.87. The van der Waals surface area contributed by atoms with Crippen LogP contribution < -0.4 is 15.6 Å². The smallest absolute Gasteiger partial charge is 0.238 e. The van der Waals surface area contributed by atoms with Gasteiger partial charge in [-0.05, 0) is 47.8 Å². The monoisotopic (exact) mass is 320 g/mol. The topological polar surface area (TPSA) is 111 Å². The number of anilines is 1. The highest BCUT2D eigenvalue weighted by Crippen LogP contribution is 2.36. The molecule has 0 amide bonds. The van der Waals surface area contributed by atoms with Gasteiger partial charge in [-0.1, -0.05) is 6.07 Å². The van der Waals surface area contributed by atoms with Crippen LogP contribution in [0.2, 0.25) is 0 Å². The summed E-state index contributed by atoms with van der Waals surface area (Å²) in [6.07, 6.45) is 1.60. The Balaban J connectivity index is 2.21. The molecule has 3 rings (SSSR count). The van der Waals surface area contributed by atoms with Crippen molar-refractivity contribution in [2.45, 2.75) is 9.79 Å². The average Bonchev–Trinajstić information content (AvgIpc) is 2.45. The molecule has 5 N–H and O–H groups in total. The van der Waals surface area contributed by atoms with Crippen molar-refractivity contribution >= 4 is 39.7 Å². The standard InChI is InChI=1S/C13H12N4O2S2/c14-9-2-4-13(21(15,18)19)10(6-9)8-1-3-11-12(5-8)20-17-7-16-11/h1-7H,14H2,(H,16,17)(H2,15,18,19). The number of nitrogens with one attached hydrogen (secondary N) is 1. The molecular formula is C13H12N4O2S2. The summed E-state index contributed by atoms with van der Waals surface area (Å²) in [6, 6.07) is 10.0. The summed E-state index contributed by atoms with van der Waals surface area (Å²) < 4.78 is 26.4. The number of nitrogen functional groups attached to an aromatic ring is 1. The van der Waals surface area contributed by atoms with Gasteiger partial charge in [0, 0.05) is 11.3 Å². The highest BCUT2D eigenvalue weighted by Gasteiger charge is 2.17. The molecule has 8 heteroatoms. The van der Waals surface area contributed by atoms with E-state index in [2.05, 4.69) is 9.71 Å². The molecule has 0 saturated heterocycles. The number of sulfonamides is 1. The van der Waals surface area contributed by atoms with Gasteiger partial charge in [0.2, 0.25) is 10.0 Å². The maximum atomic E-state index is 11.7. The van der Waals surface area contributed by atoms with E-state index >= 15 is 0 Å². The van der Waals surface area contributed by atoms with Gasteiger partial charge in [0.05, 0.1) is 21.8 Å². The number of hydrogen-bond acceptors (Lipinski definition) is 6. The fourth-order valence-corrected chi connectivity index (χ4v) is 3.46. The van der Waals surface area contributed by atoms with Crippen molar-refractivity contribution in [1.82, 2.24) is 4.72 Å². The fraction of sp³-hybridized carbons (Fsp3) is 0. The normalized spacial score (nSPS) is 13.6. The van der Waals surface area contributed by atoms with Gasteiger partial charge in [-0.3, -0.25) is 0 Å². The lowest BCUT2D eigenvalue weighted by Crippen LogP contribution is -2.13. The number of nitrogens with two attached hydrogens (primary N) is 2. The van der Waals surface area contributed by atoms with Gasteiger partial charge >= 0.3 is 0 Å². The van der Waals surface area contributed by atoms with E-state index in [-0.39, 0.29) is 4.90 Å². The summed E-state index contributed by atoms with van der Waals surface area (Å²) in [5.41, 5.74) is 8.26. The van der Waals surface area contributed by atoms with Gasteiger partial charge in [-0.25, -0.2) is 18.5 Å². The van der Waals surface area contributed by atoms with Crippen LogP contribution in [0.15, 0.2) is 51.2 Å². The third kappa shape index (κ3) is 2.73. The molecule has 0 radical (unpaired) electrons. The first-order valence-corrected chi connectivity index (χ1v) is 8.33. The summed E-state index contributed by atoms with van der Waals surface area (Å²) in [5.74, 6) is 0. The molecule has 0 bridgehead atoms.